The van der Waals surface area contributed by atoms with Gasteiger partial charge >= 0.3 is 5.69 Å². The Morgan fingerprint density at radius 3 is 2.79 bits per heavy atom. The normalized spacial score (nSPS) is 10.6. The number of allylic oxidation sites excluding steroid dienone is 1. The van der Waals surface area contributed by atoms with Gasteiger partial charge in [0.1, 0.15) is 12.4 Å². The molecule has 0 bridgehead atoms. The van der Waals surface area contributed by atoms with E-state index in [-0.39, 0.29) is 13.2 Å². The van der Waals surface area contributed by atoms with Gasteiger partial charge in [-0.3, -0.25) is 9.36 Å². The van der Waals surface area contributed by atoms with E-state index < -0.39 is 11.2 Å². The molecule has 0 saturated carbocycles. The number of aromatic amines is 1. The van der Waals surface area contributed by atoms with E-state index in [0.717, 1.165) is 10.1 Å². The van der Waals surface area contributed by atoms with E-state index in [1.165, 1.54) is 18.3 Å². The highest BCUT2D eigenvalue weighted by Gasteiger charge is 2.09. The standard InChI is InChI=1S/C21H16ClN3O4/c22-16-6-7-18(29-17-5-1-3-15(13-17)4-2-9-23)19(14-16)28-12-11-25-20(26)8-10-24-21(25)27/h1-8,10,13-14H,11-12H2,(H,24,27)/b4-2+. The summed E-state index contributed by atoms with van der Waals surface area (Å²) in [4.78, 5) is 25.9. The van der Waals surface area contributed by atoms with Crippen molar-refractivity contribution in [3.05, 3.63) is 92.2 Å². The number of nitriles is 1. The second kappa shape index (κ2) is 9.44. The molecule has 3 rings (SSSR count). The molecule has 1 aromatic heterocycles. The van der Waals surface area contributed by atoms with Gasteiger partial charge in [-0.1, -0.05) is 23.7 Å². The van der Waals surface area contributed by atoms with Crippen molar-refractivity contribution >= 4 is 17.7 Å². The zero-order chi connectivity index (χ0) is 20.6. The summed E-state index contributed by atoms with van der Waals surface area (Å²) in [5.74, 6) is 1.34. The molecule has 146 valence electrons. The number of aromatic nitrogens is 2. The number of nitrogens with one attached hydrogen (secondary N) is 1. The monoisotopic (exact) mass is 409 g/mol. The molecule has 0 radical (unpaired) electrons. The minimum absolute atomic E-state index is 0.0641. The molecule has 1 N–H and O–H groups in total. The molecule has 29 heavy (non-hydrogen) atoms. The van der Waals surface area contributed by atoms with Crippen molar-refractivity contribution in [3.63, 3.8) is 0 Å². The molecule has 0 unspecified atom stereocenters. The summed E-state index contributed by atoms with van der Waals surface area (Å²) >= 11 is 6.06. The summed E-state index contributed by atoms with van der Waals surface area (Å²) in [5.41, 5.74) is -0.115. The Morgan fingerprint density at radius 2 is 2.00 bits per heavy atom. The number of ether oxygens (including phenoxy) is 2. The Labute approximate surface area is 171 Å². The first-order valence-electron chi connectivity index (χ1n) is 8.62. The van der Waals surface area contributed by atoms with Crippen molar-refractivity contribution in [1.29, 1.82) is 5.26 Å². The third kappa shape index (κ3) is 5.37. The van der Waals surface area contributed by atoms with Gasteiger partial charge in [0.2, 0.25) is 0 Å². The molecule has 0 aliphatic carbocycles. The molecule has 1 heterocycles. The van der Waals surface area contributed by atoms with E-state index in [4.69, 9.17) is 26.3 Å². The first-order valence-corrected chi connectivity index (χ1v) is 8.99. The molecule has 0 saturated heterocycles. The summed E-state index contributed by atoms with van der Waals surface area (Å²) in [6.45, 7) is 0.129. The molecule has 0 aliphatic rings. The third-order valence-electron chi connectivity index (χ3n) is 3.86. The SMILES string of the molecule is N#C/C=C/c1cccc(Oc2ccc(Cl)cc2OCCn2c(=O)cc[nH]c2=O)c1. The van der Waals surface area contributed by atoms with Gasteiger partial charge < -0.3 is 14.5 Å². The van der Waals surface area contributed by atoms with E-state index >= 15 is 0 Å². The van der Waals surface area contributed by atoms with Gasteiger partial charge in [-0.25, -0.2) is 4.79 Å². The first kappa shape index (κ1) is 20.0. The van der Waals surface area contributed by atoms with Crippen molar-refractivity contribution in [1.82, 2.24) is 9.55 Å². The van der Waals surface area contributed by atoms with Crippen LogP contribution in [0.1, 0.15) is 5.56 Å². The Kier molecular flexibility index (Phi) is 6.51. The number of nitrogens with zero attached hydrogens (tertiary/aromatic N) is 2. The van der Waals surface area contributed by atoms with Crippen LogP contribution in [0.3, 0.4) is 0 Å². The van der Waals surface area contributed by atoms with E-state index in [2.05, 4.69) is 4.98 Å². The smallest absolute Gasteiger partial charge is 0.328 e. The Bertz CT molecular complexity index is 1160. The fraction of sp³-hybridized carbons (Fsp3) is 0.0952. The van der Waals surface area contributed by atoms with Gasteiger partial charge in [-0.05, 0) is 35.9 Å². The molecule has 3 aromatic rings. The van der Waals surface area contributed by atoms with Crippen molar-refractivity contribution < 1.29 is 9.47 Å². The minimum Gasteiger partial charge on any atom is -0.488 e. The second-order valence-electron chi connectivity index (χ2n) is 5.85. The molecule has 0 spiro atoms. The van der Waals surface area contributed by atoms with Crippen LogP contribution in [0.25, 0.3) is 6.08 Å². The number of hydrogen-bond donors (Lipinski definition) is 1. The largest absolute Gasteiger partial charge is 0.488 e. The molecule has 2 aromatic carbocycles. The van der Waals surface area contributed by atoms with E-state index in [1.54, 1.807) is 42.5 Å². The zero-order valence-electron chi connectivity index (χ0n) is 15.2. The van der Waals surface area contributed by atoms with Crippen LogP contribution in [0.4, 0.5) is 0 Å². The average molecular weight is 410 g/mol. The lowest BCUT2D eigenvalue weighted by Gasteiger charge is -2.13. The van der Waals surface area contributed by atoms with Crippen LogP contribution in [-0.2, 0) is 6.54 Å². The number of rotatable bonds is 7. The minimum atomic E-state index is -0.508. The van der Waals surface area contributed by atoms with Gasteiger partial charge in [0.25, 0.3) is 5.56 Å². The third-order valence-corrected chi connectivity index (χ3v) is 4.09. The van der Waals surface area contributed by atoms with Gasteiger partial charge in [-0.2, -0.15) is 5.26 Å². The quantitative estimate of drug-likeness (QED) is 0.601. The molecular formula is C21H16ClN3O4. The zero-order valence-corrected chi connectivity index (χ0v) is 15.9. The number of H-pyrrole nitrogens is 1. The summed E-state index contributed by atoms with van der Waals surface area (Å²) in [6.07, 6.45) is 4.34. The number of halogens is 1. The van der Waals surface area contributed by atoms with Crippen LogP contribution in [0.5, 0.6) is 17.2 Å². The Morgan fingerprint density at radius 1 is 1.14 bits per heavy atom. The van der Waals surface area contributed by atoms with Crippen molar-refractivity contribution in [2.75, 3.05) is 6.61 Å². The predicted molar refractivity (Wildman–Crippen MR) is 109 cm³/mol. The van der Waals surface area contributed by atoms with Crippen LogP contribution in [0, 0.1) is 11.3 Å². The molecule has 8 heteroatoms. The second-order valence-corrected chi connectivity index (χ2v) is 6.29. The van der Waals surface area contributed by atoms with Crippen molar-refractivity contribution in [2.45, 2.75) is 6.54 Å². The lowest BCUT2D eigenvalue weighted by Crippen LogP contribution is -2.35. The van der Waals surface area contributed by atoms with Gasteiger partial charge in [0.05, 0.1) is 12.6 Å². The molecule has 0 amide bonds. The summed E-state index contributed by atoms with van der Waals surface area (Å²) < 4.78 is 12.7. The van der Waals surface area contributed by atoms with Gasteiger partial charge in [0, 0.05) is 29.4 Å². The maximum Gasteiger partial charge on any atom is 0.328 e. The number of hydrogen-bond acceptors (Lipinski definition) is 5. The van der Waals surface area contributed by atoms with Crippen LogP contribution in [0.2, 0.25) is 5.02 Å². The summed E-state index contributed by atoms with van der Waals surface area (Å²) in [7, 11) is 0. The van der Waals surface area contributed by atoms with Crippen LogP contribution in [0.15, 0.2) is 70.4 Å². The lowest BCUT2D eigenvalue weighted by atomic mass is 10.2. The van der Waals surface area contributed by atoms with Crippen LogP contribution in [-0.4, -0.2) is 16.2 Å². The molecular weight excluding hydrogens is 394 g/mol. The lowest BCUT2D eigenvalue weighted by molar-refractivity contribution is 0.281. The van der Waals surface area contributed by atoms with Crippen LogP contribution < -0.4 is 20.7 Å². The van der Waals surface area contributed by atoms with E-state index in [1.807, 2.05) is 12.1 Å². The summed E-state index contributed by atoms with van der Waals surface area (Å²) in [5, 5.41) is 9.11. The molecule has 7 nitrogen and oxygen atoms in total. The highest BCUT2D eigenvalue weighted by Crippen LogP contribution is 2.34. The highest BCUT2D eigenvalue weighted by atomic mass is 35.5. The average Bonchev–Trinajstić information content (AvgIpc) is 2.71. The maximum absolute atomic E-state index is 11.8. The predicted octanol–water partition coefficient (Wildman–Crippen LogP) is 3.60. The number of benzene rings is 2. The van der Waals surface area contributed by atoms with Gasteiger partial charge in [-0.15, -0.1) is 0 Å². The topological polar surface area (TPSA) is 97.1 Å². The molecule has 0 atom stereocenters. The summed E-state index contributed by atoms with van der Waals surface area (Å²) in [6, 6.07) is 15.3. The Hall–Kier alpha value is -3.76. The van der Waals surface area contributed by atoms with Crippen LogP contribution >= 0.6 is 11.6 Å². The fourth-order valence-electron chi connectivity index (χ4n) is 2.53. The van der Waals surface area contributed by atoms with Crippen molar-refractivity contribution in [3.8, 4) is 23.3 Å². The first-order chi connectivity index (χ1) is 14.1. The molecule has 0 aliphatic heterocycles. The maximum atomic E-state index is 11.8. The van der Waals surface area contributed by atoms with Gasteiger partial charge in [0.15, 0.2) is 11.5 Å². The van der Waals surface area contributed by atoms with Crippen molar-refractivity contribution in [2.24, 2.45) is 0 Å². The highest BCUT2D eigenvalue weighted by molar-refractivity contribution is 6.30. The molecule has 0 fully saturated rings. The van der Waals surface area contributed by atoms with E-state index in [9.17, 15) is 9.59 Å². The van der Waals surface area contributed by atoms with E-state index in [0.29, 0.717) is 22.3 Å². The fourth-order valence-corrected chi connectivity index (χ4v) is 2.69. The Balaban J connectivity index is 1.76.